The number of rotatable bonds is 9. The summed E-state index contributed by atoms with van der Waals surface area (Å²) >= 11 is 0. The van der Waals surface area contributed by atoms with E-state index in [1.54, 1.807) is 11.0 Å². The second-order valence-electron chi connectivity index (χ2n) is 6.21. The van der Waals surface area contributed by atoms with Crippen LogP contribution in [0.3, 0.4) is 0 Å². The second-order valence-corrected chi connectivity index (χ2v) is 6.21. The van der Waals surface area contributed by atoms with Crippen molar-refractivity contribution in [2.24, 2.45) is 0 Å². The third kappa shape index (κ3) is 4.15. The predicted octanol–water partition coefficient (Wildman–Crippen LogP) is 0.882. The number of benzene rings is 1. The summed E-state index contributed by atoms with van der Waals surface area (Å²) in [7, 11) is 0. The fraction of sp³-hybridized carbons (Fsp3) is 0.471. The molecule has 10 nitrogen and oxygen atoms in total. The Bertz CT molecular complexity index is 780. The first kappa shape index (κ1) is 18.6. The Morgan fingerprint density at radius 2 is 1.85 bits per heavy atom. The highest BCUT2D eigenvalue weighted by molar-refractivity contribution is 6.21. The number of hydrogen-bond donors (Lipinski definition) is 0. The number of hydrogen-bond acceptors (Lipinski definition) is 7. The maximum Gasteiger partial charge on any atom is 0.294 e. The minimum atomic E-state index is -0.915. The second kappa shape index (κ2) is 8.02. The van der Waals surface area contributed by atoms with Gasteiger partial charge in [-0.1, -0.05) is 0 Å². The van der Waals surface area contributed by atoms with Crippen LogP contribution >= 0.6 is 0 Å². The highest BCUT2D eigenvalue weighted by Crippen LogP contribution is 2.27. The zero-order chi connectivity index (χ0) is 19.4. The number of carbonyl (C=O) groups is 3. The summed E-state index contributed by atoms with van der Waals surface area (Å²) in [5.74, 6) is -0.341. The lowest BCUT2D eigenvalue weighted by atomic mass is 10.1. The molecule has 0 saturated carbocycles. The molecule has 1 aromatic carbocycles. The van der Waals surface area contributed by atoms with E-state index in [9.17, 15) is 24.5 Å². The molecule has 3 rings (SSSR count). The van der Waals surface area contributed by atoms with Gasteiger partial charge in [0.2, 0.25) is 5.91 Å². The molecule has 2 aliphatic heterocycles. The van der Waals surface area contributed by atoms with Crippen molar-refractivity contribution in [2.45, 2.75) is 19.3 Å². The van der Waals surface area contributed by atoms with Crippen molar-refractivity contribution >= 4 is 17.7 Å². The summed E-state index contributed by atoms with van der Waals surface area (Å²) in [6.07, 6.45) is 1.59. The van der Waals surface area contributed by atoms with Gasteiger partial charge in [-0.3, -0.25) is 19.3 Å². The first-order valence-corrected chi connectivity index (χ1v) is 8.65. The van der Waals surface area contributed by atoms with Crippen molar-refractivity contribution in [3.63, 3.8) is 0 Å². The lowest BCUT2D eigenvalue weighted by molar-refractivity contribution is -0.757. The molecule has 0 unspecified atom stereocenters. The molecule has 10 heteroatoms. The van der Waals surface area contributed by atoms with Crippen molar-refractivity contribution in [3.8, 4) is 5.75 Å². The summed E-state index contributed by atoms with van der Waals surface area (Å²) in [6, 6.07) is 4.64. The largest absolute Gasteiger partial charge is 0.492 e. The van der Waals surface area contributed by atoms with Crippen molar-refractivity contribution < 1.29 is 29.0 Å². The normalized spacial score (nSPS) is 16.1. The number of likely N-dealkylation sites (tertiary alicyclic amines) is 1. The van der Waals surface area contributed by atoms with Crippen LogP contribution in [0.15, 0.2) is 18.2 Å². The molecule has 0 spiro atoms. The average Bonchev–Trinajstić information content (AvgIpc) is 3.14. The Hall–Kier alpha value is -3.17. The molecule has 1 fully saturated rings. The van der Waals surface area contributed by atoms with Crippen molar-refractivity contribution in [3.05, 3.63) is 39.4 Å². The minimum absolute atomic E-state index is 0.0352. The molecule has 2 heterocycles. The van der Waals surface area contributed by atoms with Crippen molar-refractivity contribution in [1.29, 1.82) is 0 Å². The third-order valence-electron chi connectivity index (χ3n) is 4.47. The standard InChI is InChI=1S/C17H19N3O7/c21-15-3-1-6-18(15)8-10-26-12-4-5-13-14(11-12)17(23)19(16(13)22)7-2-9-27-20(24)25/h4-5,11H,1-3,6-10H2. The van der Waals surface area contributed by atoms with Crippen LogP contribution in [0.1, 0.15) is 40.0 Å². The molecule has 3 amide bonds. The minimum Gasteiger partial charge on any atom is -0.492 e. The predicted molar refractivity (Wildman–Crippen MR) is 90.7 cm³/mol. The summed E-state index contributed by atoms with van der Waals surface area (Å²) in [4.78, 5) is 53.4. The van der Waals surface area contributed by atoms with Gasteiger partial charge in [-0.2, -0.15) is 0 Å². The van der Waals surface area contributed by atoms with Crippen LogP contribution in [-0.2, 0) is 9.63 Å². The van der Waals surface area contributed by atoms with Gasteiger partial charge in [-0.25, -0.2) is 0 Å². The van der Waals surface area contributed by atoms with Crippen LogP contribution in [0, 0.1) is 10.1 Å². The Morgan fingerprint density at radius 1 is 1.07 bits per heavy atom. The number of nitrogens with zero attached hydrogens (tertiary/aromatic N) is 3. The molecular weight excluding hydrogens is 358 g/mol. The third-order valence-corrected chi connectivity index (χ3v) is 4.47. The first-order valence-electron chi connectivity index (χ1n) is 8.65. The Morgan fingerprint density at radius 3 is 2.56 bits per heavy atom. The number of imide groups is 1. The molecule has 0 radical (unpaired) electrons. The molecule has 0 atom stereocenters. The van der Waals surface area contributed by atoms with Crippen molar-refractivity contribution in [2.75, 3.05) is 32.8 Å². The summed E-state index contributed by atoms with van der Waals surface area (Å²) in [5, 5.41) is 9.21. The highest BCUT2D eigenvalue weighted by atomic mass is 16.9. The summed E-state index contributed by atoms with van der Waals surface area (Å²) in [5.41, 5.74) is 0.516. The lowest BCUT2D eigenvalue weighted by Crippen LogP contribution is -2.31. The van der Waals surface area contributed by atoms with Gasteiger partial charge in [0.05, 0.1) is 24.3 Å². The lowest BCUT2D eigenvalue weighted by Gasteiger charge is -2.15. The Balaban J connectivity index is 1.56. The molecule has 0 bridgehead atoms. The van der Waals surface area contributed by atoms with E-state index in [4.69, 9.17) is 4.74 Å². The van der Waals surface area contributed by atoms with Crippen LogP contribution < -0.4 is 4.74 Å². The number of fused-ring (bicyclic) bond motifs is 1. The topological polar surface area (TPSA) is 119 Å². The van der Waals surface area contributed by atoms with Gasteiger partial charge in [0.15, 0.2) is 0 Å². The molecule has 0 aliphatic carbocycles. The maximum absolute atomic E-state index is 12.4. The van der Waals surface area contributed by atoms with Crippen LogP contribution in [0.5, 0.6) is 5.75 Å². The molecule has 0 N–H and O–H groups in total. The maximum atomic E-state index is 12.4. The van der Waals surface area contributed by atoms with Crippen molar-refractivity contribution in [1.82, 2.24) is 9.80 Å². The van der Waals surface area contributed by atoms with E-state index in [1.165, 1.54) is 12.1 Å². The fourth-order valence-electron chi connectivity index (χ4n) is 3.14. The van der Waals surface area contributed by atoms with Gasteiger partial charge in [0.25, 0.3) is 16.9 Å². The van der Waals surface area contributed by atoms with Gasteiger partial charge < -0.3 is 14.5 Å². The van der Waals surface area contributed by atoms with E-state index in [2.05, 4.69) is 4.84 Å². The van der Waals surface area contributed by atoms with E-state index in [-0.39, 0.29) is 36.6 Å². The van der Waals surface area contributed by atoms with Gasteiger partial charge in [-0.05, 0) is 31.0 Å². The molecule has 2 aliphatic rings. The van der Waals surface area contributed by atoms with E-state index in [1.807, 2.05) is 0 Å². The van der Waals surface area contributed by atoms with Crippen LogP contribution in [0.4, 0.5) is 0 Å². The zero-order valence-corrected chi connectivity index (χ0v) is 14.6. The molecule has 1 saturated heterocycles. The molecule has 144 valence electrons. The van der Waals surface area contributed by atoms with Crippen LogP contribution in [0.2, 0.25) is 0 Å². The number of amides is 3. The number of ether oxygens (including phenoxy) is 1. The quantitative estimate of drug-likeness (QED) is 0.271. The molecule has 27 heavy (non-hydrogen) atoms. The Kier molecular flexibility index (Phi) is 5.53. The monoisotopic (exact) mass is 377 g/mol. The van der Waals surface area contributed by atoms with Gasteiger partial charge in [-0.15, -0.1) is 10.1 Å². The Labute approximate surface area is 154 Å². The van der Waals surface area contributed by atoms with Gasteiger partial charge in [0.1, 0.15) is 12.4 Å². The SMILES string of the molecule is O=C1CCCN1CCOc1ccc2c(c1)C(=O)N(CCCO[N+](=O)[O-])C2=O. The fourth-order valence-corrected chi connectivity index (χ4v) is 3.14. The van der Waals surface area contributed by atoms with Gasteiger partial charge in [0, 0.05) is 19.5 Å². The highest BCUT2D eigenvalue weighted by Gasteiger charge is 2.35. The molecular formula is C17H19N3O7. The van der Waals surface area contributed by atoms with Crippen LogP contribution in [-0.4, -0.2) is 65.5 Å². The summed E-state index contributed by atoms with van der Waals surface area (Å²) in [6.45, 7) is 1.35. The van der Waals surface area contributed by atoms with Gasteiger partial charge >= 0.3 is 0 Å². The van der Waals surface area contributed by atoms with Crippen LogP contribution in [0.25, 0.3) is 0 Å². The smallest absolute Gasteiger partial charge is 0.294 e. The molecule has 0 aromatic heterocycles. The van der Waals surface area contributed by atoms with E-state index < -0.39 is 16.9 Å². The van der Waals surface area contributed by atoms with E-state index in [0.29, 0.717) is 25.3 Å². The molecule has 1 aromatic rings. The first-order chi connectivity index (χ1) is 13.0. The average molecular weight is 377 g/mol. The number of carbonyl (C=O) groups excluding carboxylic acids is 3. The zero-order valence-electron chi connectivity index (χ0n) is 14.6. The van der Waals surface area contributed by atoms with E-state index >= 15 is 0 Å². The van der Waals surface area contributed by atoms with E-state index in [0.717, 1.165) is 17.9 Å². The summed E-state index contributed by atoms with van der Waals surface area (Å²) < 4.78 is 5.61.